The summed E-state index contributed by atoms with van der Waals surface area (Å²) in [5.41, 5.74) is 4.70. The minimum atomic E-state index is 0.0586. The quantitative estimate of drug-likeness (QED) is 0.860. The largest absolute Gasteiger partial charge is 0.366 e. The van der Waals surface area contributed by atoms with Crippen molar-refractivity contribution in [2.75, 3.05) is 36.4 Å². The summed E-state index contributed by atoms with van der Waals surface area (Å²) < 4.78 is 0. The van der Waals surface area contributed by atoms with Gasteiger partial charge in [0.2, 0.25) is 5.91 Å². The summed E-state index contributed by atoms with van der Waals surface area (Å²) >= 11 is 0. The Morgan fingerprint density at radius 3 is 2.33 bits per heavy atom. The smallest absolute Gasteiger partial charge is 0.238 e. The van der Waals surface area contributed by atoms with Gasteiger partial charge in [-0.2, -0.15) is 0 Å². The predicted octanol–water partition coefficient (Wildman–Crippen LogP) is 4.27. The first-order chi connectivity index (χ1) is 12.9. The number of piperazine rings is 1. The normalized spacial score (nSPS) is 18.0. The molecular formula is C23H31N3O. The summed E-state index contributed by atoms with van der Waals surface area (Å²) in [6.07, 6.45) is 0. The van der Waals surface area contributed by atoms with Crippen LogP contribution < -0.4 is 10.2 Å². The first-order valence-electron chi connectivity index (χ1n) is 9.88. The lowest BCUT2D eigenvalue weighted by Crippen LogP contribution is -2.53. The summed E-state index contributed by atoms with van der Waals surface area (Å²) in [6, 6.07) is 17.2. The van der Waals surface area contributed by atoms with Crippen LogP contribution in [0.4, 0.5) is 11.4 Å². The van der Waals surface area contributed by atoms with E-state index in [1.54, 1.807) is 0 Å². The van der Waals surface area contributed by atoms with Crippen LogP contribution in [0, 0.1) is 6.92 Å². The zero-order valence-corrected chi connectivity index (χ0v) is 16.9. The number of carbonyl (C=O) groups excluding carboxylic acids is 1. The fraction of sp³-hybridized carbons (Fsp3) is 0.435. The van der Waals surface area contributed by atoms with Crippen LogP contribution in [0.25, 0.3) is 0 Å². The lowest BCUT2D eigenvalue weighted by atomic mass is 10.0. The average molecular weight is 366 g/mol. The van der Waals surface area contributed by atoms with Crippen LogP contribution >= 0.6 is 0 Å². The van der Waals surface area contributed by atoms with Crippen LogP contribution in [0.2, 0.25) is 0 Å². The second-order valence-electron chi connectivity index (χ2n) is 7.94. The van der Waals surface area contributed by atoms with Crippen LogP contribution in [0.3, 0.4) is 0 Å². The van der Waals surface area contributed by atoms with E-state index in [2.05, 4.69) is 79.2 Å². The van der Waals surface area contributed by atoms with E-state index < -0.39 is 0 Å². The summed E-state index contributed by atoms with van der Waals surface area (Å²) in [6.45, 7) is 11.9. The van der Waals surface area contributed by atoms with E-state index in [1.807, 2.05) is 12.1 Å². The van der Waals surface area contributed by atoms with Gasteiger partial charge < -0.3 is 10.2 Å². The zero-order valence-electron chi connectivity index (χ0n) is 16.9. The van der Waals surface area contributed by atoms with Gasteiger partial charge in [-0.1, -0.05) is 43.7 Å². The van der Waals surface area contributed by atoms with Gasteiger partial charge in [-0.15, -0.1) is 0 Å². The van der Waals surface area contributed by atoms with Gasteiger partial charge in [-0.3, -0.25) is 9.69 Å². The molecule has 1 N–H and O–H groups in total. The van der Waals surface area contributed by atoms with Crippen molar-refractivity contribution in [1.29, 1.82) is 0 Å². The maximum Gasteiger partial charge on any atom is 0.238 e. The van der Waals surface area contributed by atoms with Crippen molar-refractivity contribution < 1.29 is 4.79 Å². The lowest BCUT2D eigenvalue weighted by Gasteiger charge is -2.41. The molecule has 0 bridgehead atoms. The van der Waals surface area contributed by atoms with Crippen molar-refractivity contribution in [1.82, 2.24) is 4.90 Å². The first-order valence-corrected chi connectivity index (χ1v) is 9.88. The van der Waals surface area contributed by atoms with E-state index in [4.69, 9.17) is 0 Å². The molecule has 0 saturated carbocycles. The van der Waals surface area contributed by atoms with Crippen molar-refractivity contribution in [2.45, 2.75) is 39.7 Å². The highest BCUT2D eigenvalue weighted by Gasteiger charge is 2.25. The molecule has 0 spiro atoms. The Morgan fingerprint density at radius 1 is 1.07 bits per heavy atom. The maximum absolute atomic E-state index is 12.4. The summed E-state index contributed by atoms with van der Waals surface area (Å²) in [5, 5.41) is 3.03. The van der Waals surface area contributed by atoms with Gasteiger partial charge in [0.05, 0.1) is 6.54 Å². The molecule has 0 aliphatic carbocycles. The number of nitrogens with one attached hydrogen (secondary N) is 1. The highest BCUT2D eigenvalue weighted by Crippen LogP contribution is 2.21. The summed E-state index contributed by atoms with van der Waals surface area (Å²) in [5.74, 6) is 0.560. The van der Waals surface area contributed by atoms with Crippen LogP contribution in [-0.2, 0) is 4.79 Å². The number of aryl methyl sites for hydroxylation is 1. The van der Waals surface area contributed by atoms with E-state index in [1.165, 1.54) is 16.8 Å². The molecule has 3 rings (SSSR count). The Labute approximate surface area is 163 Å². The van der Waals surface area contributed by atoms with E-state index in [9.17, 15) is 4.79 Å². The van der Waals surface area contributed by atoms with Crippen molar-refractivity contribution in [3.63, 3.8) is 0 Å². The number of anilines is 2. The van der Waals surface area contributed by atoms with Crippen molar-refractivity contribution in [2.24, 2.45) is 0 Å². The van der Waals surface area contributed by atoms with E-state index in [-0.39, 0.29) is 5.91 Å². The molecule has 27 heavy (non-hydrogen) atoms. The maximum atomic E-state index is 12.4. The van der Waals surface area contributed by atoms with Crippen LogP contribution in [0.15, 0.2) is 48.5 Å². The molecule has 1 unspecified atom stereocenters. The molecule has 1 heterocycles. The Morgan fingerprint density at radius 2 is 1.74 bits per heavy atom. The minimum Gasteiger partial charge on any atom is -0.366 e. The number of hydrogen-bond donors (Lipinski definition) is 1. The lowest BCUT2D eigenvalue weighted by molar-refractivity contribution is -0.117. The molecule has 4 nitrogen and oxygen atoms in total. The Kier molecular flexibility index (Phi) is 6.17. The molecule has 0 aromatic heterocycles. The SMILES string of the molecule is Cc1ccc(N2CCN(CC(=O)Nc3ccc(C(C)C)cc3)CC2C)cc1. The Hall–Kier alpha value is -2.33. The molecule has 2 aromatic rings. The minimum absolute atomic E-state index is 0.0586. The number of nitrogens with zero attached hydrogens (tertiary/aromatic N) is 2. The van der Waals surface area contributed by atoms with Crippen molar-refractivity contribution >= 4 is 17.3 Å². The highest BCUT2D eigenvalue weighted by molar-refractivity contribution is 5.92. The topological polar surface area (TPSA) is 35.6 Å². The van der Waals surface area contributed by atoms with Gasteiger partial charge in [0.25, 0.3) is 0 Å². The standard InChI is InChI=1S/C23H31N3O/c1-17(2)20-7-9-21(10-8-20)24-23(27)16-25-13-14-26(19(4)15-25)22-11-5-18(3)6-12-22/h5-12,17,19H,13-16H2,1-4H3,(H,24,27). The van der Waals surface area contributed by atoms with Crippen LogP contribution in [0.1, 0.15) is 37.8 Å². The third-order valence-electron chi connectivity index (χ3n) is 5.31. The molecular weight excluding hydrogens is 334 g/mol. The van der Waals surface area contributed by atoms with E-state index in [0.29, 0.717) is 18.5 Å². The molecule has 4 heteroatoms. The number of amides is 1. The third kappa shape index (κ3) is 5.10. The van der Waals surface area contributed by atoms with Gasteiger partial charge in [-0.25, -0.2) is 0 Å². The van der Waals surface area contributed by atoms with Crippen molar-refractivity contribution in [3.05, 3.63) is 59.7 Å². The highest BCUT2D eigenvalue weighted by atomic mass is 16.2. The molecule has 1 aliphatic rings. The molecule has 144 valence electrons. The van der Waals surface area contributed by atoms with Gasteiger partial charge in [0.15, 0.2) is 0 Å². The molecule has 1 saturated heterocycles. The molecule has 1 atom stereocenters. The summed E-state index contributed by atoms with van der Waals surface area (Å²) in [7, 11) is 0. The first kappa shape index (κ1) is 19.4. The number of benzene rings is 2. The number of carbonyl (C=O) groups is 1. The summed E-state index contributed by atoms with van der Waals surface area (Å²) in [4.78, 5) is 17.1. The molecule has 1 amide bonds. The fourth-order valence-electron chi connectivity index (χ4n) is 3.65. The monoisotopic (exact) mass is 365 g/mol. The molecule has 0 radical (unpaired) electrons. The predicted molar refractivity (Wildman–Crippen MR) is 114 cm³/mol. The fourth-order valence-corrected chi connectivity index (χ4v) is 3.65. The Balaban J connectivity index is 1.51. The van der Waals surface area contributed by atoms with Crippen LogP contribution in [0.5, 0.6) is 0 Å². The van der Waals surface area contributed by atoms with Gasteiger partial charge in [-0.05, 0) is 49.6 Å². The third-order valence-corrected chi connectivity index (χ3v) is 5.31. The van der Waals surface area contributed by atoms with Gasteiger partial charge in [0.1, 0.15) is 0 Å². The van der Waals surface area contributed by atoms with Crippen molar-refractivity contribution in [3.8, 4) is 0 Å². The Bertz CT molecular complexity index is 752. The zero-order chi connectivity index (χ0) is 19.4. The number of rotatable bonds is 5. The van der Waals surface area contributed by atoms with E-state index in [0.717, 1.165) is 25.3 Å². The molecule has 2 aromatic carbocycles. The number of hydrogen-bond acceptors (Lipinski definition) is 3. The van der Waals surface area contributed by atoms with Gasteiger partial charge in [0, 0.05) is 37.1 Å². The second-order valence-corrected chi connectivity index (χ2v) is 7.94. The molecule has 1 aliphatic heterocycles. The van der Waals surface area contributed by atoms with E-state index >= 15 is 0 Å². The molecule has 1 fully saturated rings. The van der Waals surface area contributed by atoms with Gasteiger partial charge >= 0.3 is 0 Å². The second kappa shape index (κ2) is 8.57. The van der Waals surface area contributed by atoms with Crippen LogP contribution in [-0.4, -0.2) is 43.0 Å². The average Bonchev–Trinajstić information content (AvgIpc) is 2.63.